The molecule has 16 heavy (non-hydrogen) atoms. The number of Topliss-reactive ketones (excluding diaryl/α,β-unsaturated/α-hetero) is 1. The van der Waals surface area contributed by atoms with Gasteiger partial charge in [0.2, 0.25) is 0 Å². The van der Waals surface area contributed by atoms with Gasteiger partial charge in [0, 0.05) is 5.56 Å². The maximum Gasteiger partial charge on any atom is 0.454 e. The second kappa shape index (κ2) is 3.92. The summed E-state index contributed by atoms with van der Waals surface area (Å²) in [6, 6.07) is 5.84. The number of carbonyl (C=O) groups excluding carboxylic acids is 1. The number of hydrogen-bond acceptors (Lipinski definition) is 1. The minimum Gasteiger partial charge on any atom is -0.284 e. The van der Waals surface area contributed by atoms with Crippen LogP contribution < -0.4 is 0 Å². The van der Waals surface area contributed by atoms with E-state index in [4.69, 9.17) is 0 Å². The van der Waals surface area contributed by atoms with Gasteiger partial charge in [0.1, 0.15) is 0 Å². The van der Waals surface area contributed by atoms with E-state index in [1.165, 1.54) is 12.1 Å². The first-order valence-electron chi connectivity index (χ1n) is 4.85. The fourth-order valence-electron chi connectivity index (χ4n) is 1.49. The number of halogens is 3. The second-order valence-electron chi connectivity index (χ2n) is 4.62. The third-order valence-corrected chi connectivity index (χ3v) is 2.24. The highest BCUT2D eigenvalue weighted by Gasteiger charge is 2.41. The Morgan fingerprint density at radius 3 is 2.00 bits per heavy atom. The van der Waals surface area contributed by atoms with Crippen molar-refractivity contribution in [1.29, 1.82) is 0 Å². The molecule has 1 nitrogen and oxygen atoms in total. The van der Waals surface area contributed by atoms with Crippen molar-refractivity contribution in [3.63, 3.8) is 0 Å². The highest BCUT2D eigenvalue weighted by molar-refractivity contribution is 6.01. The van der Waals surface area contributed by atoms with Crippen LogP contribution in [0.3, 0.4) is 0 Å². The van der Waals surface area contributed by atoms with Crippen LogP contribution >= 0.6 is 0 Å². The Morgan fingerprint density at radius 1 is 1.06 bits per heavy atom. The van der Waals surface area contributed by atoms with Gasteiger partial charge in [-0.15, -0.1) is 0 Å². The molecule has 0 aliphatic heterocycles. The SMILES string of the molecule is CC(C)(C)c1ccccc1C(=O)C(F)(F)F. The molecule has 4 heteroatoms. The molecule has 1 rings (SSSR count). The largest absolute Gasteiger partial charge is 0.454 e. The predicted octanol–water partition coefficient (Wildman–Crippen LogP) is 3.73. The van der Waals surface area contributed by atoms with Crippen molar-refractivity contribution in [3.8, 4) is 0 Å². The van der Waals surface area contributed by atoms with Crippen molar-refractivity contribution in [2.24, 2.45) is 0 Å². The molecule has 1 aromatic rings. The lowest BCUT2D eigenvalue weighted by Crippen LogP contribution is -2.26. The van der Waals surface area contributed by atoms with Crippen LogP contribution in [0.5, 0.6) is 0 Å². The maximum atomic E-state index is 12.4. The van der Waals surface area contributed by atoms with E-state index in [2.05, 4.69) is 0 Å². The van der Waals surface area contributed by atoms with E-state index in [1.54, 1.807) is 32.9 Å². The molecule has 88 valence electrons. The summed E-state index contributed by atoms with van der Waals surface area (Å²) in [6.07, 6.45) is -4.82. The number of rotatable bonds is 1. The van der Waals surface area contributed by atoms with Crippen LogP contribution in [0.25, 0.3) is 0 Å². The van der Waals surface area contributed by atoms with E-state index in [-0.39, 0.29) is 5.56 Å². The summed E-state index contributed by atoms with van der Waals surface area (Å²) in [5, 5.41) is 0. The van der Waals surface area contributed by atoms with Gasteiger partial charge in [0.05, 0.1) is 0 Å². The Kier molecular flexibility index (Phi) is 3.13. The summed E-state index contributed by atoms with van der Waals surface area (Å²) in [7, 11) is 0. The second-order valence-corrected chi connectivity index (χ2v) is 4.62. The highest BCUT2D eigenvalue weighted by Crippen LogP contribution is 2.30. The van der Waals surface area contributed by atoms with Gasteiger partial charge >= 0.3 is 6.18 Å². The summed E-state index contributed by atoms with van der Waals surface area (Å²) in [5.41, 5.74) is -0.336. The molecule has 0 aromatic heterocycles. The average Bonchev–Trinajstić information content (AvgIpc) is 2.14. The summed E-state index contributed by atoms with van der Waals surface area (Å²) in [6.45, 7) is 5.32. The molecule has 0 saturated heterocycles. The fraction of sp³-hybridized carbons (Fsp3) is 0.417. The van der Waals surface area contributed by atoms with Crippen molar-refractivity contribution < 1.29 is 18.0 Å². The molecule has 0 unspecified atom stereocenters. The van der Waals surface area contributed by atoms with Gasteiger partial charge < -0.3 is 0 Å². The molecule has 0 bridgehead atoms. The molecule has 0 aliphatic rings. The van der Waals surface area contributed by atoms with Crippen LogP contribution in [0.1, 0.15) is 36.7 Å². The molecule has 0 saturated carbocycles. The number of carbonyl (C=O) groups is 1. The Morgan fingerprint density at radius 2 is 1.56 bits per heavy atom. The highest BCUT2D eigenvalue weighted by atomic mass is 19.4. The molecule has 1 aromatic carbocycles. The Labute approximate surface area is 92.3 Å². The summed E-state index contributed by atoms with van der Waals surface area (Å²) < 4.78 is 37.1. The Balaban J connectivity index is 3.31. The van der Waals surface area contributed by atoms with Crippen molar-refractivity contribution >= 4 is 5.78 Å². The zero-order chi connectivity index (χ0) is 12.6. The number of alkyl halides is 3. The zero-order valence-electron chi connectivity index (χ0n) is 9.35. The van der Waals surface area contributed by atoms with E-state index < -0.39 is 17.4 Å². The van der Waals surface area contributed by atoms with Gasteiger partial charge in [0.15, 0.2) is 0 Å². The van der Waals surface area contributed by atoms with Gasteiger partial charge in [-0.3, -0.25) is 4.79 Å². The predicted molar refractivity (Wildman–Crippen MR) is 55.5 cm³/mol. The topological polar surface area (TPSA) is 17.1 Å². The Hall–Kier alpha value is -1.32. The van der Waals surface area contributed by atoms with Crippen molar-refractivity contribution in [2.75, 3.05) is 0 Å². The minimum atomic E-state index is -4.82. The lowest BCUT2D eigenvalue weighted by Gasteiger charge is -2.22. The van der Waals surface area contributed by atoms with Crippen LogP contribution in [0.15, 0.2) is 24.3 Å². The summed E-state index contributed by atoms with van der Waals surface area (Å²) in [5.74, 6) is -1.78. The van der Waals surface area contributed by atoms with Gasteiger partial charge in [-0.1, -0.05) is 45.0 Å². The van der Waals surface area contributed by atoms with E-state index in [1.807, 2.05) is 0 Å². The number of benzene rings is 1. The summed E-state index contributed by atoms with van der Waals surface area (Å²) >= 11 is 0. The van der Waals surface area contributed by atoms with Gasteiger partial charge in [0.25, 0.3) is 5.78 Å². The van der Waals surface area contributed by atoms with Gasteiger partial charge in [-0.25, -0.2) is 0 Å². The van der Waals surface area contributed by atoms with Crippen molar-refractivity contribution in [2.45, 2.75) is 32.4 Å². The quantitative estimate of drug-likeness (QED) is 0.672. The third-order valence-electron chi connectivity index (χ3n) is 2.24. The number of ketones is 1. The molecule has 0 heterocycles. The average molecular weight is 230 g/mol. The fourth-order valence-corrected chi connectivity index (χ4v) is 1.49. The molecule has 0 N–H and O–H groups in total. The van der Waals surface area contributed by atoms with Crippen LogP contribution in [-0.2, 0) is 5.41 Å². The van der Waals surface area contributed by atoms with Crippen molar-refractivity contribution in [3.05, 3.63) is 35.4 Å². The summed E-state index contributed by atoms with van der Waals surface area (Å²) in [4.78, 5) is 11.2. The molecule has 0 fully saturated rings. The maximum absolute atomic E-state index is 12.4. The van der Waals surface area contributed by atoms with E-state index in [9.17, 15) is 18.0 Å². The van der Waals surface area contributed by atoms with E-state index in [0.29, 0.717) is 5.56 Å². The zero-order valence-corrected chi connectivity index (χ0v) is 9.35. The smallest absolute Gasteiger partial charge is 0.284 e. The van der Waals surface area contributed by atoms with E-state index in [0.717, 1.165) is 0 Å². The number of hydrogen-bond donors (Lipinski definition) is 0. The molecule has 0 aliphatic carbocycles. The van der Waals surface area contributed by atoms with Gasteiger partial charge in [-0.2, -0.15) is 13.2 Å². The third kappa shape index (κ3) is 2.62. The van der Waals surface area contributed by atoms with Crippen LogP contribution in [-0.4, -0.2) is 12.0 Å². The Bertz CT molecular complexity index is 399. The standard InChI is InChI=1S/C12H13F3O/c1-11(2,3)9-7-5-4-6-8(9)10(16)12(13,14)15/h4-7H,1-3H3. The minimum absolute atomic E-state index is 0.262. The van der Waals surface area contributed by atoms with Gasteiger partial charge in [-0.05, 0) is 11.0 Å². The van der Waals surface area contributed by atoms with E-state index >= 15 is 0 Å². The van der Waals surface area contributed by atoms with Crippen molar-refractivity contribution in [1.82, 2.24) is 0 Å². The first kappa shape index (κ1) is 12.7. The molecule has 0 radical (unpaired) electrons. The first-order chi connectivity index (χ1) is 7.14. The monoisotopic (exact) mass is 230 g/mol. The van der Waals surface area contributed by atoms with Crippen LogP contribution in [0.4, 0.5) is 13.2 Å². The molecule has 0 spiro atoms. The molecular weight excluding hydrogens is 217 g/mol. The molecular formula is C12H13F3O. The lowest BCUT2D eigenvalue weighted by molar-refractivity contribution is -0.0886. The lowest BCUT2D eigenvalue weighted by atomic mass is 9.82. The molecule has 0 atom stereocenters. The molecule has 0 amide bonds. The van der Waals surface area contributed by atoms with Crippen LogP contribution in [0.2, 0.25) is 0 Å². The first-order valence-corrected chi connectivity index (χ1v) is 4.85. The normalized spacial score (nSPS) is 12.6. The van der Waals surface area contributed by atoms with Crippen LogP contribution in [0, 0.1) is 0 Å².